The number of hydrogen-bond acceptors (Lipinski definition) is 5. The fourth-order valence-corrected chi connectivity index (χ4v) is 2.45. The second-order valence-electron chi connectivity index (χ2n) is 5.24. The molecule has 118 valence electrons. The zero-order valence-electron chi connectivity index (χ0n) is 12.6. The van der Waals surface area contributed by atoms with Crippen LogP contribution in [0.4, 0.5) is 0 Å². The van der Waals surface area contributed by atoms with Crippen LogP contribution in [0.15, 0.2) is 65.2 Å². The van der Waals surface area contributed by atoms with E-state index in [1.165, 1.54) is 0 Å². The number of esters is 1. The summed E-state index contributed by atoms with van der Waals surface area (Å²) in [5.74, 6) is 0.128. The summed E-state index contributed by atoms with van der Waals surface area (Å²) < 4.78 is 10.6. The third-order valence-corrected chi connectivity index (χ3v) is 3.63. The molecule has 0 bridgehead atoms. The highest BCUT2D eigenvalue weighted by Crippen LogP contribution is 2.21. The first-order chi connectivity index (χ1) is 11.8. The number of nitrogens with zero attached hydrogens (tertiary/aromatic N) is 2. The molecule has 2 aromatic heterocycles. The van der Waals surface area contributed by atoms with Gasteiger partial charge < -0.3 is 9.26 Å². The zero-order chi connectivity index (χ0) is 16.4. The molecule has 2 heterocycles. The molecule has 0 aliphatic rings. The summed E-state index contributed by atoms with van der Waals surface area (Å²) in [5.41, 5.74) is 2.51. The number of H-pyrrole nitrogens is 1. The summed E-state index contributed by atoms with van der Waals surface area (Å²) in [5, 5.41) is 11.5. The van der Waals surface area contributed by atoms with E-state index in [4.69, 9.17) is 9.26 Å². The predicted molar refractivity (Wildman–Crippen MR) is 87.2 cm³/mol. The maximum absolute atomic E-state index is 12.2. The fraction of sp³-hybridized carbons (Fsp3) is 0.0556. The topological polar surface area (TPSA) is 81.0 Å². The Bertz CT molecular complexity index is 989. The summed E-state index contributed by atoms with van der Waals surface area (Å²) in [7, 11) is 0. The van der Waals surface area contributed by atoms with Crippen LogP contribution in [0.5, 0.6) is 0 Å². The summed E-state index contributed by atoms with van der Waals surface area (Å²) >= 11 is 0. The number of aromatic amines is 1. The molecule has 4 rings (SSSR count). The van der Waals surface area contributed by atoms with Gasteiger partial charge >= 0.3 is 5.97 Å². The van der Waals surface area contributed by atoms with Gasteiger partial charge in [-0.15, -0.1) is 0 Å². The van der Waals surface area contributed by atoms with E-state index >= 15 is 0 Å². The lowest BCUT2D eigenvalue weighted by atomic mass is 10.2. The van der Waals surface area contributed by atoms with E-state index in [2.05, 4.69) is 15.4 Å². The number of ether oxygens (including phenoxy) is 1. The predicted octanol–water partition coefficient (Wildman–Crippen LogP) is 3.57. The molecule has 2 aromatic carbocycles. The van der Waals surface area contributed by atoms with Crippen molar-refractivity contribution in [2.45, 2.75) is 6.61 Å². The molecule has 4 aromatic rings. The molecule has 0 radical (unpaired) electrons. The van der Waals surface area contributed by atoms with Gasteiger partial charge in [-0.05, 0) is 6.07 Å². The average molecular weight is 319 g/mol. The van der Waals surface area contributed by atoms with Crippen LogP contribution in [0.3, 0.4) is 0 Å². The molecule has 0 fully saturated rings. The van der Waals surface area contributed by atoms with Gasteiger partial charge in [-0.25, -0.2) is 4.79 Å². The molecule has 0 unspecified atom stereocenters. The second-order valence-corrected chi connectivity index (χ2v) is 5.24. The Morgan fingerprint density at radius 2 is 1.88 bits per heavy atom. The van der Waals surface area contributed by atoms with Crippen molar-refractivity contribution in [3.63, 3.8) is 0 Å². The first-order valence-electron chi connectivity index (χ1n) is 7.42. The highest BCUT2D eigenvalue weighted by atomic mass is 16.5. The van der Waals surface area contributed by atoms with Crippen LogP contribution in [-0.2, 0) is 11.3 Å². The van der Waals surface area contributed by atoms with E-state index in [1.54, 1.807) is 6.07 Å². The fourth-order valence-electron chi connectivity index (χ4n) is 2.45. The van der Waals surface area contributed by atoms with Gasteiger partial charge in [0.2, 0.25) is 0 Å². The number of aromatic nitrogens is 3. The van der Waals surface area contributed by atoms with Crippen LogP contribution in [0.25, 0.3) is 22.2 Å². The number of benzene rings is 2. The lowest BCUT2D eigenvalue weighted by Crippen LogP contribution is -2.06. The normalized spacial score (nSPS) is 10.8. The van der Waals surface area contributed by atoms with Gasteiger partial charge in [-0.3, -0.25) is 5.10 Å². The van der Waals surface area contributed by atoms with Crippen molar-refractivity contribution in [1.82, 2.24) is 15.4 Å². The highest BCUT2D eigenvalue weighted by Gasteiger charge is 2.16. The van der Waals surface area contributed by atoms with Crippen LogP contribution in [0, 0.1) is 0 Å². The first-order valence-corrected chi connectivity index (χ1v) is 7.42. The third kappa shape index (κ3) is 2.65. The Hall–Kier alpha value is -3.41. The molecule has 0 spiro atoms. The van der Waals surface area contributed by atoms with Crippen LogP contribution in [-0.4, -0.2) is 21.3 Å². The molecule has 6 nitrogen and oxygen atoms in total. The van der Waals surface area contributed by atoms with E-state index in [-0.39, 0.29) is 12.3 Å². The molecular formula is C18H13N3O3. The van der Waals surface area contributed by atoms with Crippen molar-refractivity contribution in [1.29, 1.82) is 0 Å². The quantitative estimate of drug-likeness (QED) is 0.582. The number of fused-ring (bicyclic) bond motifs is 1. The molecule has 0 saturated heterocycles. The van der Waals surface area contributed by atoms with E-state index in [0.717, 1.165) is 16.5 Å². The molecule has 1 N–H and O–H groups in total. The van der Waals surface area contributed by atoms with Gasteiger partial charge in [-0.2, -0.15) is 5.10 Å². The maximum atomic E-state index is 12.2. The monoisotopic (exact) mass is 319 g/mol. The number of carbonyl (C=O) groups excluding carboxylic acids is 1. The summed E-state index contributed by atoms with van der Waals surface area (Å²) in [6, 6.07) is 18.7. The number of nitrogens with one attached hydrogen (secondary N) is 1. The minimum atomic E-state index is -0.503. The minimum Gasteiger partial charge on any atom is -0.454 e. The van der Waals surface area contributed by atoms with Crippen molar-refractivity contribution < 1.29 is 14.1 Å². The smallest absolute Gasteiger partial charge is 0.359 e. The third-order valence-electron chi connectivity index (χ3n) is 3.63. The van der Waals surface area contributed by atoms with E-state index in [1.807, 2.05) is 54.6 Å². The average Bonchev–Trinajstić information content (AvgIpc) is 3.27. The molecule has 0 saturated carbocycles. The number of para-hydroxylation sites is 1. The molecule has 0 atom stereocenters. The van der Waals surface area contributed by atoms with Crippen molar-refractivity contribution in [3.8, 4) is 11.3 Å². The SMILES string of the molecule is O=C(OCc1cc(-c2ccccc2)on1)c1n[nH]c2ccccc12. The van der Waals surface area contributed by atoms with Crippen molar-refractivity contribution >= 4 is 16.9 Å². The van der Waals surface area contributed by atoms with Gasteiger partial charge in [0.1, 0.15) is 12.3 Å². The van der Waals surface area contributed by atoms with Crippen molar-refractivity contribution in [2.75, 3.05) is 0 Å². The second kappa shape index (κ2) is 6.00. The van der Waals surface area contributed by atoms with E-state index in [0.29, 0.717) is 11.5 Å². The van der Waals surface area contributed by atoms with Crippen molar-refractivity contribution in [3.05, 3.63) is 72.1 Å². The lowest BCUT2D eigenvalue weighted by Gasteiger charge is -1.99. The Morgan fingerprint density at radius 1 is 1.08 bits per heavy atom. The first kappa shape index (κ1) is 14.2. The Morgan fingerprint density at radius 3 is 2.75 bits per heavy atom. The zero-order valence-corrected chi connectivity index (χ0v) is 12.6. The van der Waals surface area contributed by atoms with Gasteiger partial charge in [0.05, 0.1) is 5.52 Å². The molecule has 0 aliphatic heterocycles. The highest BCUT2D eigenvalue weighted by molar-refractivity contribution is 6.01. The van der Waals surface area contributed by atoms with Crippen LogP contribution < -0.4 is 0 Å². The standard InChI is InChI=1S/C18H13N3O3/c22-18(17-14-8-4-5-9-15(14)19-20-17)23-11-13-10-16(24-21-13)12-6-2-1-3-7-12/h1-10H,11H2,(H,19,20). The van der Waals surface area contributed by atoms with Crippen LogP contribution >= 0.6 is 0 Å². The molecule has 6 heteroatoms. The van der Waals surface area contributed by atoms with Gasteiger partial charge in [-0.1, -0.05) is 53.7 Å². The number of rotatable bonds is 4. The molecular weight excluding hydrogens is 306 g/mol. The van der Waals surface area contributed by atoms with E-state index in [9.17, 15) is 4.79 Å². The minimum absolute atomic E-state index is 0.0242. The van der Waals surface area contributed by atoms with Gasteiger partial charge in [0.15, 0.2) is 11.5 Å². The van der Waals surface area contributed by atoms with Crippen molar-refractivity contribution in [2.24, 2.45) is 0 Å². The van der Waals surface area contributed by atoms with Crippen LogP contribution in [0.2, 0.25) is 0 Å². The lowest BCUT2D eigenvalue weighted by molar-refractivity contribution is 0.0459. The molecule has 0 amide bonds. The largest absolute Gasteiger partial charge is 0.454 e. The van der Waals surface area contributed by atoms with Gasteiger partial charge in [0, 0.05) is 17.0 Å². The van der Waals surface area contributed by atoms with E-state index < -0.39 is 5.97 Å². The number of hydrogen-bond donors (Lipinski definition) is 1. The summed E-state index contributed by atoms with van der Waals surface area (Å²) in [6.07, 6.45) is 0. The number of carbonyl (C=O) groups is 1. The Kier molecular flexibility index (Phi) is 3.55. The van der Waals surface area contributed by atoms with Crippen LogP contribution in [0.1, 0.15) is 16.2 Å². The van der Waals surface area contributed by atoms with Gasteiger partial charge in [0.25, 0.3) is 0 Å². The maximum Gasteiger partial charge on any atom is 0.359 e. The summed E-state index contributed by atoms with van der Waals surface area (Å²) in [6.45, 7) is 0.0242. The Balaban J connectivity index is 1.47. The molecule has 0 aliphatic carbocycles. The Labute approximate surface area is 137 Å². The summed E-state index contributed by atoms with van der Waals surface area (Å²) in [4.78, 5) is 12.2. The molecule has 24 heavy (non-hydrogen) atoms.